The zero-order chi connectivity index (χ0) is 18.8. The lowest BCUT2D eigenvalue weighted by Gasteiger charge is -2.34. The molecule has 1 saturated carbocycles. The van der Waals surface area contributed by atoms with Crippen LogP contribution in [0.3, 0.4) is 0 Å². The number of aromatic nitrogens is 2. The van der Waals surface area contributed by atoms with Gasteiger partial charge in [-0.25, -0.2) is 18.6 Å². The molecule has 0 saturated heterocycles. The number of rotatable bonds is 6. The maximum atomic E-state index is 13.7. The first-order valence-corrected chi connectivity index (χ1v) is 7.99. The Labute approximate surface area is 147 Å². The molecule has 1 aromatic rings. The van der Waals surface area contributed by atoms with Crippen molar-refractivity contribution in [3.63, 3.8) is 0 Å². The van der Waals surface area contributed by atoms with Gasteiger partial charge < -0.3 is 9.64 Å². The number of nitro groups is 1. The molecule has 0 radical (unpaired) electrons. The highest BCUT2D eigenvalue weighted by Crippen LogP contribution is 2.41. The third-order valence-corrected chi connectivity index (χ3v) is 4.31. The summed E-state index contributed by atoms with van der Waals surface area (Å²) in [6.07, 6.45) is 0.221. The van der Waals surface area contributed by atoms with Gasteiger partial charge >= 0.3 is 11.7 Å². The van der Waals surface area contributed by atoms with Crippen LogP contribution in [0.4, 0.5) is 20.3 Å². The SMILES string of the molecule is CCC(C(=O)OC)N(c1nc(Cl)ncc1[N+](=O)[O-])C1CCC(F)(F)C1. The first-order chi connectivity index (χ1) is 11.7. The highest BCUT2D eigenvalue weighted by atomic mass is 35.5. The van der Waals surface area contributed by atoms with Gasteiger partial charge in [-0.1, -0.05) is 6.92 Å². The molecule has 0 bridgehead atoms. The molecule has 2 atom stereocenters. The van der Waals surface area contributed by atoms with E-state index in [4.69, 9.17) is 16.3 Å². The molecule has 0 spiro atoms. The summed E-state index contributed by atoms with van der Waals surface area (Å²) >= 11 is 5.75. The summed E-state index contributed by atoms with van der Waals surface area (Å²) < 4.78 is 32.2. The predicted octanol–water partition coefficient (Wildman–Crippen LogP) is 2.98. The topological polar surface area (TPSA) is 98.5 Å². The maximum Gasteiger partial charge on any atom is 0.329 e. The average molecular weight is 379 g/mol. The highest BCUT2D eigenvalue weighted by molar-refractivity contribution is 6.28. The van der Waals surface area contributed by atoms with Gasteiger partial charge in [-0.15, -0.1) is 0 Å². The number of alkyl halides is 2. The lowest BCUT2D eigenvalue weighted by molar-refractivity contribution is -0.384. The summed E-state index contributed by atoms with van der Waals surface area (Å²) in [5, 5.41) is 11.0. The van der Waals surface area contributed by atoms with E-state index < -0.39 is 41.0 Å². The molecule has 2 unspecified atom stereocenters. The van der Waals surface area contributed by atoms with Crippen LogP contribution in [0.2, 0.25) is 5.28 Å². The largest absolute Gasteiger partial charge is 0.467 e. The molecular formula is C14H17ClF2N4O4. The van der Waals surface area contributed by atoms with Crippen LogP contribution in [0.25, 0.3) is 0 Å². The van der Waals surface area contributed by atoms with Crippen molar-refractivity contribution in [3.8, 4) is 0 Å². The van der Waals surface area contributed by atoms with Crippen LogP contribution >= 0.6 is 11.6 Å². The van der Waals surface area contributed by atoms with Crippen molar-refractivity contribution in [2.75, 3.05) is 12.0 Å². The van der Waals surface area contributed by atoms with Gasteiger partial charge in [0.05, 0.1) is 12.0 Å². The van der Waals surface area contributed by atoms with Crippen molar-refractivity contribution >= 4 is 29.1 Å². The summed E-state index contributed by atoms with van der Waals surface area (Å²) in [4.78, 5) is 31.4. The van der Waals surface area contributed by atoms with Gasteiger partial charge in [-0.2, -0.15) is 4.98 Å². The minimum atomic E-state index is -2.91. The van der Waals surface area contributed by atoms with Gasteiger partial charge in [-0.3, -0.25) is 10.1 Å². The van der Waals surface area contributed by atoms with E-state index >= 15 is 0 Å². The Kier molecular flexibility index (Phi) is 5.71. The normalized spacial score (nSPS) is 20.1. The molecule has 0 aliphatic heterocycles. The van der Waals surface area contributed by atoms with Gasteiger partial charge in [0.2, 0.25) is 17.0 Å². The van der Waals surface area contributed by atoms with E-state index in [1.807, 2.05) is 0 Å². The van der Waals surface area contributed by atoms with Crippen molar-refractivity contribution in [3.05, 3.63) is 21.6 Å². The smallest absolute Gasteiger partial charge is 0.329 e. The Morgan fingerprint density at radius 3 is 2.80 bits per heavy atom. The standard InChI is InChI=1S/C14H17ClF2N4O4/c1-3-9(12(22)25-2)20(8-4-5-14(16,17)6-8)11-10(21(23)24)7-18-13(15)19-11/h7-9H,3-6H2,1-2H3. The van der Waals surface area contributed by atoms with Crippen molar-refractivity contribution in [2.24, 2.45) is 0 Å². The molecule has 1 fully saturated rings. The van der Waals surface area contributed by atoms with Crippen LogP contribution in [0.1, 0.15) is 32.6 Å². The minimum Gasteiger partial charge on any atom is -0.467 e. The fourth-order valence-electron chi connectivity index (χ4n) is 3.02. The number of esters is 1. The molecular weight excluding hydrogens is 362 g/mol. The lowest BCUT2D eigenvalue weighted by atomic mass is 10.1. The minimum absolute atomic E-state index is 0.0548. The summed E-state index contributed by atoms with van der Waals surface area (Å²) in [5.41, 5.74) is -0.512. The number of carbonyl (C=O) groups excluding carboxylic acids is 1. The monoisotopic (exact) mass is 378 g/mol. The van der Waals surface area contributed by atoms with E-state index in [-0.39, 0.29) is 30.4 Å². The van der Waals surface area contributed by atoms with E-state index in [1.165, 1.54) is 4.90 Å². The fourth-order valence-corrected chi connectivity index (χ4v) is 3.15. The number of ether oxygens (including phenoxy) is 1. The predicted molar refractivity (Wildman–Crippen MR) is 84.9 cm³/mol. The molecule has 0 amide bonds. The molecule has 0 aromatic carbocycles. The van der Waals surface area contributed by atoms with E-state index in [0.29, 0.717) is 0 Å². The average Bonchev–Trinajstić information content (AvgIpc) is 2.90. The van der Waals surface area contributed by atoms with Crippen molar-refractivity contribution in [1.82, 2.24) is 9.97 Å². The van der Waals surface area contributed by atoms with Crippen LogP contribution < -0.4 is 4.90 Å². The second kappa shape index (κ2) is 7.42. The number of methoxy groups -OCH3 is 1. The van der Waals surface area contributed by atoms with Crippen LogP contribution in [-0.4, -0.2) is 46.0 Å². The van der Waals surface area contributed by atoms with Gasteiger partial charge in [0.15, 0.2) is 0 Å². The van der Waals surface area contributed by atoms with E-state index in [1.54, 1.807) is 6.92 Å². The summed E-state index contributed by atoms with van der Waals surface area (Å²) in [5.74, 6) is -3.87. The molecule has 11 heteroatoms. The third-order valence-electron chi connectivity index (χ3n) is 4.13. The molecule has 0 N–H and O–H groups in total. The van der Waals surface area contributed by atoms with Crippen LogP contribution in [0, 0.1) is 10.1 Å². The molecule has 8 nitrogen and oxygen atoms in total. The van der Waals surface area contributed by atoms with Crippen LogP contribution in [0.5, 0.6) is 0 Å². The highest BCUT2D eigenvalue weighted by Gasteiger charge is 2.46. The van der Waals surface area contributed by atoms with Crippen molar-refractivity contribution < 1.29 is 23.2 Å². The van der Waals surface area contributed by atoms with Crippen molar-refractivity contribution in [2.45, 2.75) is 50.6 Å². The molecule has 25 heavy (non-hydrogen) atoms. The molecule has 1 aromatic heterocycles. The quantitative estimate of drug-likeness (QED) is 0.325. The zero-order valence-electron chi connectivity index (χ0n) is 13.6. The van der Waals surface area contributed by atoms with Gasteiger partial charge in [-0.05, 0) is 24.4 Å². The first kappa shape index (κ1) is 19.2. The third kappa shape index (κ3) is 4.12. The second-order valence-electron chi connectivity index (χ2n) is 5.71. The summed E-state index contributed by atoms with van der Waals surface area (Å²) in [7, 11) is 1.16. The summed E-state index contributed by atoms with van der Waals surface area (Å²) in [6.45, 7) is 1.65. The number of anilines is 1. The molecule has 1 aliphatic carbocycles. The Hall–Kier alpha value is -2.10. The van der Waals surface area contributed by atoms with E-state index in [2.05, 4.69) is 9.97 Å². The Morgan fingerprint density at radius 2 is 2.32 bits per heavy atom. The van der Waals surface area contributed by atoms with Gasteiger partial charge in [0.25, 0.3) is 0 Å². The van der Waals surface area contributed by atoms with Crippen molar-refractivity contribution in [1.29, 1.82) is 0 Å². The van der Waals surface area contributed by atoms with Gasteiger partial charge in [0.1, 0.15) is 12.2 Å². The maximum absolute atomic E-state index is 13.7. The first-order valence-electron chi connectivity index (χ1n) is 7.61. The van der Waals surface area contributed by atoms with E-state index in [9.17, 15) is 23.7 Å². The Bertz CT molecular complexity index is 676. The number of nitrogens with zero attached hydrogens (tertiary/aromatic N) is 4. The van der Waals surface area contributed by atoms with Crippen LogP contribution in [-0.2, 0) is 9.53 Å². The number of hydrogen-bond acceptors (Lipinski definition) is 7. The molecule has 1 aliphatic rings. The number of halogens is 3. The molecule has 138 valence electrons. The Balaban J connectivity index is 2.57. The molecule has 2 rings (SSSR count). The molecule has 1 heterocycles. The number of carbonyl (C=O) groups is 1. The zero-order valence-corrected chi connectivity index (χ0v) is 14.4. The van der Waals surface area contributed by atoms with Crippen LogP contribution in [0.15, 0.2) is 6.20 Å². The number of hydrogen-bond donors (Lipinski definition) is 0. The lowest BCUT2D eigenvalue weighted by Crippen LogP contribution is -2.48. The summed E-state index contributed by atoms with van der Waals surface area (Å²) in [6, 6.07) is -1.82. The fraction of sp³-hybridized carbons (Fsp3) is 0.643. The second-order valence-corrected chi connectivity index (χ2v) is 6.05. The Morgan fingerprint density at radius 1 is 1.64 bits per heavy atom. The van der Waals surface area contributed by atoms with E-state index in [0.717, 1.165) is 13.3 Å². The van der Waals surface area contributed by atoms with Gasteiger partial charge in [0, 0.05) is 18.9 Å².